The van der Waals surface area contributed by atoms with Crippen LogP contribution in [0, 0.1) is 5.82 Å². The summed E-state index contributed by atoms with van der Waals surface area (Å²) >= 11 is 5.82. The van der Waals surface area contributed by atoms with Crippen molar-refractivity contribution in [2.45, 2.75) is 16.3 Å². The third kappa shape index (κ3) is 3.44. The Balaban J connectivity index is 2.21. The Morgan fingerprint density at radius 1 is 1.21 bits per heavy atom. The lowest BCUT2D eigenvalue weighted by Gasteiger charge is -2.14. The van der Waals surface area contributed by atoms with Crippen molar-refractivity contribution >= 4 is 31.5 Å². The highest BCUT2D eigenvalue weighted by atomic mass is 35.5. The number of sulfonamides is 1. The van der Waals surface area contributed by atoms with Crippen LogP contribution in [-0.4, -0.2) is 39.8 Å². The summed E-state index contributed by atoms with van der Waals surface area (Å²) in [5, 5.41) is -0.805. The first-order valence-corrected chi connectivity index (χ1v) is 9.06. The molecule has 9 heteroatoms. The molecule has 5 nitrogen and oxygen atoms in total. The summed E-state index contributed by atoms with van der Waals surface area (Å²) in [5.74, 6) is -1.15. The van der Waals surface area contributed by atoms with Crippen molar-refractivity contribution in [2.24, 2.45) is 0 Å². The lowest BCUT2D eigenvalue weighted by molar-refractivity contribution is 0.563. The molecule has 1 N–H and O–H groups in total. The summed E-state index contributed by atoms with van der Waals surface area (Å²) in [6.07, 6.45) is 0. The molecule has 0 unspecified atom stereocenters. The number of benzene rings is 1. The summed E-state index contributed by atoms with van der Waals surface area (Å²) in [4.78, 5) is -0.137. The molecule has 106 valence electrons. The fourth-order valence-corrected chi connectivity index (χ4v) is 5.80. The highest BCUT2D eigenvalue weighted by Crippen LogP contribution is 2.20. The lowest BCUT2D eigenvalue weighted by atomic mass is 10.3. The van der Waals surface area contributed by atoms with Crippen molar-refractivity contribution < 1.29 is 21.2 Å². The molecule has 2 rings (SSSR count). The molecule has 1 aromatic rings. The molecule has 1 heterocycles. The van der Waals surface area contributed by atoms with E-state index in [1.165, 1.54) is 0 Å². The Kier molecular flexibility index (Phi) is 3.87. The summed E-state index contributed by atoms with van der Waals surface area (Å²) in [6, 6.07) is 3.35. The number of hydrogen-bond acceptors (Lipinski definition) is 4. The monoisotopic (exact) mass is 327 g/mol. The van der Waals surface area contributed by atoms with Crippen LogP contribution in [0.3, 0.4) is 0 Å². The molecule has 1 aliphatic rings. The predicted octanol–water partition coefficient (Wildman–Crippen LogP) is 0.508. The third-order valence-electron chi connectivity index (χ3n) is 2.71. The Labute approximate surface area is 115 Å². The van der Waals surface area contributed by atoms with Crippen molar-refractivity contribution in [1.82, 2.24) is 4.72 Å². The van der Waals surface area contributed by atoms with Gasteiger partial charge in [0.25, 0.3) is 0 Å². The van der Waals surface area contributed by atoms with Crippen LogP contribution in [-0.2, 0) is 19.9 Å². The molecule has 1 aliphatic heterocycles. The van der Waals surface area contributed by atoms with Crippen LogP contribution in [0.1, 0.15) is 0 Å². The molecule has 0 aromatic heterocycles. The first kappa shape index (κ1) is 14.7. The average molecular weight is 328 g/mol. The van der Waals surface area contributed by atoms with E-state index in [2.05, 4.69) is 4.72 Å². The van der Waals surface area contributed by atoms with Gasteiger partial charge in [-0.1, -0.05) is 0 Å². The predicted molar refractivity (Wildman–Crippen MR) is 68.8 cm³/mol. The number of alkyl halides is 1. The van der Waals surface area contributed by atoms with Crippen molar-refractivity contribution in [3.05, 3.63) is 30.1 Å². The van der Waals surface area contributed by atoms with Crippen molar-refractivity contribution in [1.29, 1.82) is 0 Å². The van der Waals surface area contributed by atoms with E-state index in [9.17, 15) is 21.2 Å². The number of hydrogen-bond donors (Lipinski definition) is 1. The van der Waals surface area contributed by atoms with Gasteiger partial charge in [-0.25, -0.2) is 25.9 Å². The third-order valence-corrected chi connectivity index (χ3v) is 6.59. The molecule has 0 radical (unpaired) electrons. The van der Waals surface area contributed by atoms with Gasteiger partial charge in [-0.05, 0) is 24.3 Å². The standard InChI is InChI=1S/C10H11ClFNO4S2/c11-9-5-18(14,15)6-10(9)13-19(16,17)8-3-1-7(12)2-4-8/h1-4,9-10,13H,5-6H2/t9-,10-/m1/s1. The SMILES string of the molecule is O=S1(=O)C[C@@H](Cl)[C@H](NS(=O)(=O)c2ccc(F)cc2)C1. The topological polar surface area (TPSA) is 80.3 Å². The van der Waals surface area contributed by atoms with Crippen molar-refractivity contribution in [2.75, 3.05) is 11.5 Å². The normalized spacial score (nSPS) is 26.4. The van der Waals surface area contributed by atoms with Crippen LogP contribution in [0.2, 0.25) is 0 Å². The Hall–Kier alpha value is -0.700. The number of rotatable bonds is 3. The fourth-order valence-electron chi connectivity index (χ4n) is 1.79. The number of halogens is 2. The van der Waals surface area contributed by atoms with Gasteiger partial charge in [0.05, 0.1) is 27.8 Å². The van der Waals surface area contributed by atoms with Crippen LogP contribution in [0.4, 0.5) is 4.39 Å². The summed E-state index contributed by atoms with van der Waals surface area (Å²) in [5.41, 5.74) is 0. The summed E-state index contributed by atoms with van der Waals surface area (Å²) in [6.45, 7) is 0. The Morgan fingerprint density at radius 2 is 1.79 bits per heavy atom. The van der Waals surface area contributed by atoms with E-state index in [-0.39, 0.29) is 16.4 Å². The molecule has 1 saturated heterocycles. The molecule has 0 aliphatic carbocycles. The van der Waals surface area contributed by atoms with Gasteiger partial charge in [0.2, 0.25) is 10.0 Å². The van der Waals surface area contributed by atoms with Gasteiger partial charge >= 0.3 is 0 Å². The van der Waals surface area contributed by atoms with Gasteiger partial charge in [0.1, 0.15) is 5.82 Å². The number of sulfone groups is 1. The quantitative estimate of drug-likeness (QED) is 0.820. The maximum atomic E-state index is 12.7. The van der Waals surface area contributed by atoms with Gasteiger partial charge in [0, 0.05) is 0 Å². The fraction of sp³-hybridized carbons (Fsp3) is 0.400. The minimum absolute atomic E-state index is 0.137. The smallest absolute Gasteiger partial charge is 0.229 e. The zero-order valence-corrected chi connectivity index (χ0v) is 12.0. The molecular formula is C10H11ClFNO4S2. The second-order valence-electron chi connectivity index (χ2n) is 4.27. The number of nitrogens with one attached hydrogen (secondary N) is 1. The molecule has 0 amide bonds. The highest BCUT2D eigenvalue weighted by Gasteiger charge is 2.38. The van der Waals surface area contributed by atoms with Crippen LogP contribution in [0.5, 0.6) is 0 Å². The molecule has 2 atom stereocenters. The van der Waals surface area contributed by atoms with Gasteiger partial charge < -0.3 is 0 Å². The average Bonchev–Trinajstić information content (AvgIpc) is 2.51. The van der Waals surface area contributed by atoms with Gasteiger partial charge in [0.15, 0.2) is 9.84 Å². The van der Waals surface area contributed by atoms with Crippen LogP contribution in [0.15, 0.2) is 29.2 Å². The maximum Gasteiger partial charge on any atom is 0.240 e. The summed E-state index contributed by atoms with van der Waals surface area (Å²) in [7, 11) is -7.23. The van der Waals surface area contributed by atoms with Crippen molar-refractivity contribution in [3.63, 3.8) is 0 Å². The minimum atomic E-state index is -3.91. The van der Waals surface area contributed by atoms with Crippen LogP contribution < -0.4 is 4.72 Å². The van der Waals surface area contributed by atoms with E-state index in [0.717, 1.165) is 24.3 Å². The molecule has 0 spiro atoms. The molecule has 19 heavy (non-hydrogen) atoms. The Bertz CT molecular complexity index is 672. The zero-order valence-electron chi connectivity index (χ0n) is 9.58. The zero-order chi connectivity index (χ0) is 14.3. The van der Waals surface area contributed by atoms with Crippen molar-refractivity contribution in [3.8, 4) is 0 Å². The van der Waals surface area contributed by atoms with E-state index >= 15 is 0 Å². The molecule has 1 fully saturated rings. The van der Waals surface area contributed by atoms with E-state index < -0.39 is 37.1 Å². The van der Waals surface area contributed by atoms with Crippen LogP contribution in [0.25, 0.3) is 0 Å². The molecule has 0 bridgehead atoms. The lowest BCUT2D eigenvalue weighted by Crippen LogP contribution is -2.40. The first-order valence-electron chi connectivity index (χ1n) is 5.32. The molecular weight excluding hydrogens is 317 g/mol. The summed E-state index contributed by atoms with van der Waals surface area (Å²) < 4.78 is 61.6. The first-order chi connectivity index (χ1) is 8.70. The molecule has 1 aromatic carbocycles. The minimum Gasteiger partial charge on any atom is -0.229 e. The van der Waals surface area contributed by atoms with E-state index in [1.54, 1.807) is 0 Å². The molecule has 0 saturated carbocycles. The maximum absolute atomic E-state index is 12.7. The van der Waals surface area contributed by atoms with Gasteiger partial charge in [-0.15, -0.1) is 11.6 Å². The van der Waals surface area contributed by atoms with E-state index in [1.807, 2.05) is 0 Å². The van der Waals surface area contributed by atoms with Gasteiger partial charge in [-0.3, -0.25) is 0 Å². The Morgan fingerprint density at radius 3 is 2.26 bits per heavy atom. The largest absolute Gasteiger partial charge is 0.240 e. The van der Waals surface area contributed by atoms with Crippen LogP contribution >= 0.6 is 11.6 Å². The second-order valence-corrected chi connectivity index (χ2v) is 8.70. The second kappa shape index (κ2) is 5.01. The van der Waals surface area contributed by atoms with E-state index in [0.29, 0.717) is 0 Å². The highest BCUT2D eigenvalue weighted by molar-refractivity contribution is 7.92. The van der Waals surface area contributed by atoms with E-state index in [4.69, 9.17) is 11.6 Å². The van der Waals surface area contributed by atoms with Gasteiger partial charge in [-0.2, -0.15) is 0 Å².